The zero-order valence-electron chi connectivity index (χ0n) is 13.9. The van der Waals surface area contributed by atoms with Crippen molar-refractivity contribution in [3.63, 3.8) is 0 Å². The lowest BCUT2D eigenvalue weighted by Gasteiger charge is -2.38. The molecule has 1 aromatic heterocycles. The number of rotatable bonds is 3. The fourth-order valence-electron chi connectivity index (χ4n) is 3.42. The van der Waals surface area contributed by atoms with Gasteiger partial charge in [0.05, 0.1) is 18.2 Å². The van der Waals surface area contributed by atoms with E-state index in [-0.39, 0.29) is 18.1 Å². The summed E-state index contributed by atoms with van der Waals surface area (Å²) in [6, 6.07) is 13.9. The van der Waals surface area contributed by atoms with Crippen LogP contribution in [0.2, 0.25) is 0 Å². The van der Waals surface area contributed by atoms with Gasteiger partial charge in [-0.05, 0) is 43.4 Å². The second-order valence-corrected chi connectivity index (χ2v) is 6.76. The lowest BCUT2D eigenvalue weighted by Crippen LogP contribution is -2.47. The molecule has 2 atom stereocenters. The molecular formula is C20H22N2O2. The molecule has 2 heterocycles. The third kappa shape index (κ3) is 3.06. The van der Waals surface area contributed by atoms with Gasteiger partial charge >= 0.3 is 0 Å². The summed E-state index contributed by atoms with van der Waals surface area (Å²) < 4.78 is 6.33. The maximum Gasteiger partial charge on any atom is 0.255 e. The monoisotopic (exact) mass is 322 g/mol. The molecule has 24 heavy (non-hydrogen) atoms. The number of amides is 1. The molecule has 0 spiro atoms. The number of benzene rings is 1. The minimum absolute atomic E-state index is 0.0496. The van der Waals surface area contributed by atoms with Crippen LogP contribution in [0.5, 0.6) is 0 Å². The Morgan fingerprint density at radius 2 is 1.92 bits per heavy atom. The van der Waals surface area contributed by atoms with Gasteiger partial charge in [-0.2, -0.15) is 0 Å². The molecule has 1 aromatic carbocycles. The number of hydrogen-bond acceptors (Lipinski definition) is 3. The molecule has 1 saturated carbocycles. The Morgan fingerprint density at radius 1 is 1.12 bits per heavy atom. The molecule has 1 aliphatic carbocycles. The van der Waals surface area contributed by atoms with E-state index in [1.54, 1.807) is 6.20 Å². The van der Waals surface area contributed by atoms with Crippen molar-refractivity contribution in [2.75, 3.05) is 13.1 Å². The first-order valence-corrected chi connectivity index (χ1v) is 8.63. The number of pyridine rings is 1. The minimum Gasteiger partial charge on any atom is -0.366 e. The van der Waals surface area contributed by atoms with Crippen LogP contribution in [-0.2, 0) is 4.74 Å². The van der Waals surface area contributed by atoms with E-state index >= 15 is 0 Å². The van der Waals surface area contributed by atoms with E-state index in [1.807, 2.05) is 42.2 Å². The normalized spacial score (nSPS) is 24.0. The van der Waals surface area contributed by atoms with Gasteiger partial charge in [-0.15, -0.1) is 0 Å². The average molecular weight is 322 g/mol. The first-order chi connectivity index (χ1) is 11.7. The number of aryl methyl sites for hydroxylation is 1. The van der Waals surface area contributed by atoms with Crippen molar-refractivity contribution in [2.24, 2.45) is 5.92 Å². The Kier molecular flexibility index (Phi) is 4.07. The van der Waals surface area contributed by atoms with Gasteiger partial charge in [0, 0.05) is 18.4 Å². The van der Waals surface area contributed by atoms with Crippen LogP contribution in [0.1, 0.15) is 40.6 Å². The lowest BCUT2D eigenvalue weighted by atomic mass is 10.0. The molecule has 0 radical (unpaired) electrons. The maximum atomic E-state index is 13.0. The van der Waals surface area contributed by atoms with Crippen molar-refractivity contribution in [3.05, 3.63) is 65.5 Å². The van der Waals surface area contributed by atoms with Crippen LogP contribution in [0, 0.1) is 12.8 Å². The second kappa shape index (κ2) is 6.36. The van der Waals surface area contributed by atoms with E-state index in [0.717, 1.165) is 11.3 Å². The van der Waals surface area contributed by atoms with Gasteiger partial charge in [0.15, 0.2) is 0 Å². The summed E-state index contributed by atoms with van der Waals surface area (Å²) in [7, 11) is 0. The first-order valence-electron chi connectivity index (χ1n) is 8.63. The van der Waals surface area contributed by atoms with Gasteiger partial charge in [0.25, 0.3) is 5.91 Å². The van der Waals surface area contributed by atoms with Crippen molar-refractivity contribution < 1.29 is 9.53 Å². The zero-order chi connectivity index (χ0) is 16.5. The summed E-state index contributed by atoms with van der Waals surface area (Å²) in [6.45, 7) is 3.17. The van der Waals surface area contributed by atoms with Gasteiger partial charge in [-0.3, -0.25) is 9.78 Å². The Morgan fingerprint density at radius 3 is 2.62 bits per heavy atom. The Labute approximate surface area is 142 Å². The lowest BCUT2D eigenvalue weighted by molar-refractivity contribution is -0.0864. The van der Waals surface area contributed by atoms with Crippen LogP contribution in [0.4, 0.5) is 0 Å². The summed E-state index contributed by atoms with van der Waals surface area (Å²) in [6.07, 6.45) is 4.24. The summed E-state index contributed by atoms with van der Waals surface area (Å²) in [5.41, 5.74) is 2.62. The fraction of sp³-hybridized carbons (Fsp3) is 0.400. The van der Waals surface area contributed by atoms with Gasteiger partial charge in [0.1, 0.15) is 6.10 Å². The molecular weight excluding hydrogens is 300 g/mol. The summed E-state index contributed by atoms with van der Waals surface area (Å²) in [5.74, 6) is 0.664. The molecule has 2 aromatic rings. The van der Waals surface area contributed by atoms with Crippen molar-refractivity contribution >= 4 is 5.91 Å². The molecule has 4 heteroatoms. The average Bonchev–Trinajstić information content (AvgIpc) is 3.47. The molecule has 1 amide bonds. The topological polar surface area (TPSA) is 42.4 Å². The van der Waals surface area contributed by atoms with Crippen LogP contribution in [-0.4, -0.2) is 35.0 Å². The molecule has 0 bridgehead atoms. The van der Waals surface area contributed by atoms with Crippen molar-refractivity contribution in [1.29, 1.82) is 0 Å². The maximum absolute atomic E-state index is 13.0. The molecule has 2 aliphatic rings. The highest BCUT2D eigenvalue weighted by atomic mass is 16.5. The molecule has 1 saturated heterocycles. The molecule has 0 unspecified atom stereocenters. The number of nitrogens with zero attached hydrogens (tertiary/aromatic N) is 2. The fourth-order valence-corrected chi connectivity index (χ4v) is 3.42. The standard InChI is InChI=1S/C20H22N2O2/c1-14-17(8-5-11-21-14)20(23)22-12-18(15-6-3-2-4-7-15)24-19(13-22)16-9-10-16/h2-8,11,16,18-19H,9-10,12-13H2,1H3/t18-,19+/m0/s1. The van der Waals surface area contributed by atoms with E-state index in [9.17, 15) is 4.79 Å². The number of carbonyl (C=O) groups excluding carboxylic acids is 1. The third-order valence-electron chi connectivity index (χ3n) is 4.97. The second-order valence-electron chi connectivity index (χ2n) is 6.76. The van der Waals surface area contributed by atoms with E-state index < -0.39 is 0 Å². The third-order valence-corrected chi connectivity index (χ3v) is 4.97. The molecule has 2 fully saturated rings. The number of hydrogen-bond donors (Lipinski definition) is 0. The van der Waals surface area contributed by atoms with Crippen molar-refractivity contribution in [3.8, 4) is 0 Å². The highest BCUT2D eigenvalue weighted by Crippen LogP contribution is 2.39. The van der Waals surface area contributed by atoms with Gasteiger partial charge in [0.2, 0.25) is 0 Å². The predicted octanol–water partition coefficient (Wildman–Crippen LogP) is 3.38. The molecule has 1 aliphatic heterocycles. The SMILES string of the molecule is Cc1ncccc1C(=O)N1C[C@@H](c2ccccc2)O[C@@H](C2CC2)C1. The van der Waals surface area contributed by atoms with Gasteiger partial charge < -0.3 is 9.64 Å². The van der Waals surface area contributed by atoms with Crippen LogP contribution < -0.4 is 0 Å². The first kappa shape index (κ1) is 15.3. The smallest absolute Gasteiger partial charge is 0.255 e. The van der Waals surface area contributed by atoms with Crippen LogP contribution in [0.3, 0.4) is 0 Å². The highest BCUT2D eigenvalue weighted by molar-refractivity contribution is 5.95. The Balaban J connectivity index is 1.60. The largest absolute Gasteiger partial charge is 0.366 e. The van der Waals surface area contributed by atoms with Crippen LogP contribution in [0.15, 0.2) is 48.7 Å². The van der Waals surface area contributed by atoms with Crippen molar-refractivity contribution in [1.82, 2.24) is 9.88 Å². The predicted molar refractivity (Wildman–Crippen MR) is 91.7 cm³/mol. The van der Waals surface area contributed by atoms with Gasteiger partial charge in [-0.25, -0.2) is 0 Å². The summed E-state index contributed by atoms with van der Waals surface area (Å²) >= 11 is 0. The van der Waals surface area contributed by atoms with Crippen molar-refractivity contribution in [2.45, 2.75) is 32.0 Å². The molecule has 0 N–H and O–H groups in total. The van der Waals surface area contributed by atoms with E-state index in [1.165, 1.54) is 12.8 Å². The van der Waals surface area contributed by atoms with E-state index in [4.69, 9.17) is 4.74 Å². The molecule has 4 nitrogen and oxygen atoms in total. The van der Waals surface area contributed by atoms with Crippen LogP contribution in [0.25, 0.3) is 0 Å². The highest BCUT2D eigenvalue weighted by Gasteiger charge is 2.40. The zero-order valence-corrected chi connectivity index (χ0v) is 13.9. The minimum atomic E-state index is -0.0496. The Hall–Kier alpha value is -2.20. The quantitative estimate of drug-likeness (QED) is 0.870. The summed E-state index contributed by atoms with van der Waals surface area (Å²) in [5, 5.41) is 0. The molecule has 124 valence electrons. The Bertz CT molecular complexity index is 727. The van der Waals surface area contributed by atoms with Crippen LogP contribution >= 0.6 is 0 Å². The summed E-state index contributed by atoms with van der Waals surface area (Å²) in [4.78, 5) is 19.2. The van der Waals surface area contributed by atoms with E-state index in [2.05, 4.69) is 17.1 Å². The number of carbonyl (C=O) groups is 1. The number of morpholine rings is 1. The van der Waals surface area contributed by atoms with E-state index in [0.29, 0.717) is 24.6 Å². The number of ether oxygens (including phenoxy) is 1. The molecule has 4 rings (SSSR count). The number of aromatic nitrogens is 1. The van der Waals surface area contributed by atoms with Gasteiger partial charge in [-0.1, -0.05) is 30.3 Å².